The molecule has 1 unspecified atom stereocenters. The van der Waals surface area contributed by atoms with Crippen molar-refractivity contribution in [3.63, 3.8) is 0 Å². The van der Waals surface area contributed by atoms with Crippen LogP contribution in [0.4, 0.5) is 0 Å². The van der Waals surface area contributed by atoms with Crippen LogP contribution in [0.5, 0.6) is 0 Å². The number of amides is 1. The summed E-state index contributed by atoms with van der Waals surface area (Å²) in [5.74, 6) is -0.0324. The molecule has 1 aliphatic carbocycles. The number of hydrogen-bond acceptors (Lipinski definition) is 2. The van der Waals surface area contributed by atoms with Crippen molar-refractivity contribution in [3.05, 3.63) is 33.8 Å². The summed E-state index contributed by atoms with van der Waals surface area (Å²) in [6, 6.07) is 5.40. The Labute approximate surface area is 129 Å². The topological polar surface area (TPSA) is 55.1 Å². The van der Waals surface area contributed by atoms with Crippen LogP contribution in [0.25, 0.3) is 0 Å². The first-order chi connectivity index (χ1) is 8.44. The monoisotopic (exact) mass is 322 g/mol. The molecule has 1 amide bonds. The summed E-state index contributed by atoms with van der Waals surface area (Å²) in [7, 11) is 0. The van der Waals surface area contributed by atoms with Gasteiger partial charge in [0.05, 0.1) is 5.54 Å². The zero-order chi connectivity index (χ0) is 13.3. The number of nitrogens with two attached hydrogens (primary N) is 1. The van der Waals surface area contributed by atoms with Crippen LogP contribution in [0.3, 0.4) is 0 Å². The van der Waals surface area contributed by atoms with Gasteiger partial charge < -0.3 is 11.1 Å². The summed E-state index contributed by atoms with van der Waals surface area (Å²) in [4.78, 5) is 11.7. The minimum atomic E-state index is -0.635. The highest BCUT2D eigenvalue weighted by molar-refractivity contribution is 6.36. The SMILES string of the molecule is CC(CNC(=O)C1(N)CC1)c1c(Cl)cccc1Cl.Cl. The first-order valence-electron chi connectivity index (χ1n) is 5.95. The van der Waals surface area contributed by atoms with E-state index in [4.69, 9.17) is 28.9 Å². The van der Waals surface area contributed by atoms with Gasteiger partial charge >= 0.3 is 0 Å². The fourth-order valence-corrected chi connectivity index (χ4v) is 2.64. The second-order valence-corrected chi connectivity index (χ2v) is 5.72. The predicted molar refractivity (Wildman–Crippen MR) is 81.3 cm³/mol. The third kappa shape index (κ3) is 3.76. The van der Waals surface area contributed by atoms with Gasteiger partial charge in [-0.25, -0.2) is 0 Å². The summed E-state index contributed by atoms with van der Waals surface area (Å²) in [5.41, 5.74) is 6.04. The zero-order valence-electron chi connectivity index (χ0n) is 10.6. The van der Waals surface area contributed by atoms with Gasteiger partial charge in [-0.1, -0.05) is 36.2 Å². The predicted octanol–water partition coefficient (Wildman–Crippen LogP) is 3.13. The molecule has 3 N–H and O–H groups in total. The van der Waals surface area contributed by atoms with E-state index in [0.29, 0.717) is 16.6 Å². The lowest BCUT2D eigenvalue weighted by Gasteiger charge is -2.17. The Hall–Kier alpha value is -0.480. The van der Waals surface area contributed by atoms with Crippen molar-refractivity contribution in [2.75, 3.05) is 6.54 Å². The van der Waals surface area contributed by atoms with Crippen LogP contribution in [0.2, 0.25) is 10.0 Å². The van der Waals surface area contributed by atoms with Crippen molar-refractivity contribution in [2.45, 2.75) is 31.2 Å². The molecule has 1 atom stereocenters. The van der Waals surface area contributed by atoms with Crippen LogP contribution >= 0.6 is 35.6 Å². The zero-order valence-corrected chi connectivity index (χ0v) is 12.9. The molecule has 3 nitrogen and oxygen atoms in total. The normalized spacial score (nSPS) is 17.3. The highest BCUT2D eigenvalue weighted by Gasteiger charge is 2.45. The Morgan fingerprint density at radius 3 is 2.42 bits per heavy atom. The fourth-order valence-electron chi connectivity index (χ4n) is 1.87. The largest absolute Gasteiger partial charge is 0.354 e. The van der Waals surface area contributed by atoms with Crippen LogP contribution in [-0.4, -0.2) is 18.0 Å². The van der Waals surface area contributed by atoms with Gasteiger partial charge in [0.2, 0.25) is 5.91 Å². The second-order valence-electron chi connectivity index (χ2n) is 4.90. The van der Waals surface area contributed by atoms with Gasteiger partial charge in [-0.05, 0) is 30.5 Å². The van der Waals surface area contributed by atoms with Crippen molar-refractivity contribution in [3.8, 4) is 0 Å². The summed E-state index contributed by atoms with van der Waals surface area (Å²) in [5, 5.41) is 4.10. The van der Waals surface area contributed by atoms with Crippen molar-refractivity contribution in [2.24, 2.45) is 5.73 Å². The van der Waals surface area contributed by atoms with Gasteiger partial charge in [-0.3, -0.25) is 4.79 Å². The number of benzene rings is 1. The first kappa shape index (κ1) is 16.6. The van der Waals surface area contributed by atoms with Gasteiger partial charge in [0.15, 0.2) is 0 Å². The first-order valence-corrected chi connectivity index (χ1v) is 6.71. The van der Waals surface area contributed by atoms with Crippen LogP contribution in [0.1, 0.15) is 31.2 Å². The quantitative estimate of drug-likeness (QED) is 0.894. The minimum absolute atomic E-state index is 0. The summed E-state index contributed by atoms with van der Waals surface area (Å²) in [6.07, 6.45) is 1.53. The van der Waals surface area contributed by atoms with Crippen LogP contribution < -0.4 is 11.1 Å². The molecule has 0 aromatic heterocycles. The molecular formula is C13H17Cl3N2O. The van der Waals surface area contributed by atoms with E-state index in [9.17, 15) is 4.79 Å². The molecule has 6 heteroatoms. The second kappa shape index (κ2) is 6.31. The molecule has 0 radical (unpaired) electrons. The molecule has 0 spiro atoms. The Bertz CT molecular complexity index is 455. The molecule has 0 bridgehead atoms. The molecule has 1 aromatic rings. The molecule has 0 heterocycles. The van der Waals surface area contributed by atoms with E-state index in [0.717, 1.165) is 18.4 Å². The molecule has 19 heavy (non-hydrogen) atoms. The van der Waals surface area contributed by atoms with E-state index in [1.54, 1.807) is 18.2 Å². The molecule has 0 saturated heterocycles. The summed E-state index contributed by atoms with van der Waals surface area (Å²) in [6.45, 7) is 2.46. The number of rotatable bonds is 4. The molecule has 1 aromatic carbocycles. The van der Waals surface area contributed by atoms with Gasteiger partial charge in [-0.2, -0.15) is 0 Å². The van der Waals surface area contributed by atoms with Gasteiger partial charge in [-0.15, -0.1) is 12.4 Å². The average molecular weight is 324 g/mol. The Morgan fingerprint density at radius 2 is 1.95 bits per heavy atom. The van der Waals surface area contributed by atoms with E-state index in [-0.39, 0.29) is 24.2 Å². The molecule has 1 fully saturated rings. The lowest BCUT2D eigenvalue weighted by Crippen LogP contribution is -2.43. The summed E-state index contributed by atoms with van der Waals surface area (Å²) < 4.78 is 0. The highest BCUT2D eigenvalue weighted by Crippen LogP contribution is 2.33. The van der Waals surface area contributed by atoms with Crippen molar-refractivity contribution in [1.82, 2.24) is 5.32 Å². The Balaban J connectivity index is 0.00000180. The van der Waals surface area contributed by atoms with E-state index >= 15 is 0 Å². The number of carbonyl (C=O) groups excluding carboxylic acids is 1. The number of halogens is 3. The van der Waals surface area contributed by atoms with Gasteiger partial charge in [0.25, 0.3) is 0 Å². The van der Waals surface area contributed by atoms with Crippen molar-refractivity contribution in [1.29, 1.82) is 0 Å². The maximum atomic E-state index is 11.7. The number of nitrogens with one attached hydrogen (secondary N) is 1. The van der Waals surface area contributed by atoms with Crippen molar-refractivity contribution >= 4 is 41.5 Å². The van der Waals surface area contributed by atoms with E-state index in [1.165, 1.54) is 0 Å². The maximum Gasteiger partial charge on any atom is 0.240 e. The molecule has 1 aliphatic rings. The Kier molecular flexibility index (Phi) is 5.51. The van der Waals surface area contributed by atoms with E-state index in [2.05, 4.69) is 5.32 Å². The third-order valence-corrected chi connectivity index (χ3v) is 3.96. The third-order valence-electron chi connectivity index (χ3n) is 3.30. The molecule has 106 valence electrons. The number of carbonyl (C=O) groups is 1. The van der Waals surface area contributed by atoms with Crippen molar-refractivity contribution < 1.29 is 4.79 Å². The maximum absolute atomic E-state index is 11.7. The smallest absolute Gasteiger partial charge is 0.240 e. The van der Waals surface area contributed by atoms with E-state index in [1.807, 2.05) is 6.92 Å². The van der Waals surface area contributed by atoms with Crippen LogP contribution in [0.15, 0.2) is 18.2 Å². The fraction of sp³-hybridized carbons (Fsp3) is 0.462. The standard InChI is InChI=1S/C13H16Cl2N2O.ClH/c1-8(7-17-12(18)13(16)5-6-13)11-9(14)3-2-4-10(11)15;/h2-4,8H,5-7,16H2,1H3,(H,17,18);1H. The van der Waals surface area contributed by atoms with Crippen LogP contribution in [0, 0.1) is 0 Å². The van der Waals surface area contributed by atoms with Gasteiger partial charge in [0.1, 0.15) is 0 Å². The lowest BCUT2D eigenvalue weighted by molar-refractivity contribution is -0.123. The van der Waals surface area contributed by atoms with E-state index < -0.39 is 5.54 Å². The highest BCUT2D eigenvalue weighted by atomic mass is 35.5. The summed E-state index contributed by atoms with van der Waals surface area (Å²) >= 11 is 12.2. The minimum Gasteiger partial charge on any atom is -0.354 e. The molecule has 2 rings (SSSR count). The van der Waals surface area contributed by atoms with Gasteiger partial charge in [0, 0.05) is 22.5 Å². The lowest BCUT2D eigenvalue weighted by atomic mass is 10.0. The molecule has 0 aliphatic heterocycles. The van der Waals surface area contributed by atoms with Crippen LogP contribution in [-0.2, 0) is 4.79 Å². The molecular weight excluding hydrogens is 307 g/mol. The Morgan fingerprint density at radius 1 is 1.42 bits per heavy atom. The average Bonchev–Trinajstić information content (AvgIpc) is 3.05. The number of hydrogen-bond donors (Lipinski definition) is 2. The molecule has 1 saturated carbocycles.